The highest BCUT2D eigenvalue weighted by molar-refractivity contribution is 9.10. The Morgan fingerprint density at radius 1 is 1.37 bits per heavy atom. The van der Waals surface area contributed by atoms with Gasteiger partial charge >= 0.3 is 0 Å². The molecule has 1 aromatic heterocycles. The van der Waals surface area contributed by atoms with Gasteiger partial charge < -0.3 is 4.74 Å². The number of thiophene rings is 1. The van der Waals surface area contributed by atoms with Crippen LogP contribution in [0.25, 0.3) is 0 Å². The van der Waals surface area contributed by atoms with Crippen LogP contribution in [0.4, 0.5) is 0 Å². The fraction of sp³-hybridized carbons (Fsp3) is 0.167. The van der Waals surface area contributed by atoms with Gasteiger partial charge in [-0.2, -0.15) is 11.3 Å². The van der Waals surface area contributed by atoms with Crippen LogP contribution < -0.4 is 9.46 Å². The van der Waals surface area contributed by atoms with Gasteiger partial charge in [0.05, 0.1) is 7.11 Å². The van der Waals surface area contributed by atoms with Gasteiger partial charge in [0.15, 0.2) is 0 Å². The van der Waals surface area contributed by atoms with E-state index < -0.39 is 10.0 Å². The Bertz CT molecular complexity index is 654. The number of rotatable bonds is 5. The first-order chi connectivity index (χ1) is 9.03. The standard InChI is InChI=1S/C12H12BrNO3S2/c1-17-11-3-2-10(13)6-12(11)19(15,16)14-7-9-4-5-18-8-9/h2-6,8,14H,7H2,1H3. The third-order valence-electron chi connectivity index (χ3n) is 2.46. The highest BCUT2D eigenvalue weighted by Crippen LogP contribution is 2.27. The molecule has 0 aliphatic carbocycles. The molecule has 4 nitrogen and oxygen atoms in total. The molecule has 0 aliphatic rings. The lowest BCUT2D eigenvalue weighted by molar-refractivity contribution is 0.402. The second-order valence-electron chi connectivity index (χ2n) is 3.75. The summed E-state index contributed by atoms with van der Waals surface area (Å²) in [6.45, 7) is 0.265. The Balaban J connectivity index is 2.26. The van der Waals surface area contributed by atoms with Crippen molar-refractivity contribution in [2.24, 2.45) is 0 Å². The second kappa shape index (κ2) is 6.04. The lowest BCUT2D eigenvalue weighted by atomic mass is 10.3. The molecule has 0 spiro atoms. The first kappa shape index (κ1) is 14.5. The minimum atomic E-state index is -3.60. The lowest BCUT2D eigenvalue weighted by Gasteiger charge is -2.10. The van der Waals surface area contributed by atoms with Crippen molar-refractivity contribution in [2.75, 3.05) is 7.11 Å². The summed E-state index contributed by atoms with van der Waals surface area (Å²) in [5.41, 5.74) is 0.933. The lowest BCUT2D eigenvalue weighted by Crippen LogP contribution is -2.23. The smallest absolute Gasteiger partial charge is 0.244 e. The van der Waals surface area contributed by atoms with E-state index in [4.69, 9.17) is 4.74 Å². The molecule has 1 heterocycles. The largest absolute Gasteiger partial charge is 0.495 e. The van der Waals surface area contributed by atoms with Crippen molar-refractivity contribution in [3.63, 3.8) is 0 Å². The van der Waals surface area contributed by atoms with E-state index in [1.54, 1.807) is 12.1 Å². The van der Waals surface area contributed by atoms with Crippen LogP contribution in [0.5, 0.6) is 5.75 Å². The zero-order valence-corrected chi connectivity index (χ0v) is 13.3. The fourth-order valence-electron chi connectivity index (χ4n) is 1.51. The Kier molecular flexibility index (Phi) is 4.62. The van der Waals surface area contributed by atoms with Crippen LogP contribution in [0.1, 0.15) is 5.56 Å². The molecule has 0 unspecified atom stereocenters. The van der Waals surface area contributed by atoms with Gasteiger partial charge in [0.2, 0.25) is 10.0 Å². The quantitative estimate of drug-likeness (QED) is 0.890. The number of ether oxygens (including phenoxy) is 1. The molecule has 0 radical (unpaired) electrons. The average Bonchev–Trinajstić information content (AvgIpc) is 2.89. The molecule has 0 amide bonds. The number of hydrogen-bond acceptors (Lipinski definition) is 4. The number of hydrogen-bond donors (Lipinski definition) is 1. The van der Waals surface area contributed by atoms with Crippen LogP contribution >= 0.6 is 27.3 Å². The van der Waals surface area contributed by atoms with Crippen molar-refractivity contribution in [3.05, 3.63) is 45.1 Å². The Labute approximate surface area is 124 Å². The fourth-order valence-corrected chi connectivity index (χ4v) is 3.90. The van der Waals surface area contributed by atoms with E-state index >= 15 is 0 Å². The molecule has 2 aromatic rings. The molecule has 0 atom stereocenters. The molecule has 0 saturated carbocycles. The van der Waals surface area contributed by atoms with Crippen molar-refractivity contribution in [1.82, 2.24) is 4.72 Å². The number of benzene rings is 1. The minimum Gasteiger partial charge on any atom is -0.495 e. The van der Waals surface area contributed by atoms with Crippen LogP contribution in [0.15, 0.2) is 44.4 Å². The first-order valence-electron chi connectivity index (χ1n) is 5.37. The van der Waals surface area contributed by atoms with E-state index in [0.717, 1.165) is 5.56 Å². The van der Waals surface area contributed by atoms with Crippen molar-refractivity contribution >= 4 is 37.3 Å². The molecule has 0 aliphatic heterocycles. The van der Waals surface area contributed by atoms with Gasteiger partial charge in [0, 0.05) is 11.0 Å². The molecule has 1 N–H and O–H groups in total. The van der Waals surface area contributed by atoms with E-state index in [1.165, 1.54) is 24.5 Å². The molecule has 2 rings (SSSR count). The molecular weight excluding hydrogens is 350 g/mol. The normalized spacial score (nSPS) is 11.5. The van der Waals surface area contributed by atoms with E-state index in [0.29, 0.717) is 10.2 Å². The summed E-state index contributed by atoms with van der Waals surface area (Å²) in [4.78, 5) is 0.125. The van der Waals surface area contributed by atoms with Crippen molar-refractivity contribution < 1.29 is 13.2 Å². The minimum absolute atomic E-state index is 0.125. The molecule has 0 bridgehead atoms. The predicted octanol–water partition coefficient (Wildman–Crippen LogP) is 3.00. The summed E-state index contributed by atoms with van der Waals surface area (Å²) in [6.07, 6.45) is 0. The molecule has 19 heavy (non-hydrogen) atoms. The van der Waals surface area contributed by atoms with Gasteiger partial charge in [-0.3, -0.25) is 0 Å². The summed E-state index contributed by atoms with van der Waals surface area (Å²) in [5, 5.41) is 3.81. The summed E-state index contributed by atoms with van der Waals surface area (Å²) in [6, 6.07) is 6.75. The van der Waals surface area contributed by atoms with Crippen molar-refractivity contribution in [2.45, 2.75) is 11.4 Å². The van der Waals surface area contributed by atoms with Crippen LogP contribution in [0.3, 0.4) is 0 Å². The van der Waals surface area contributed by atoms with Crippen molar-refractivity contribution in [3.8, 4) is 5.75 Å². The maximum absolute atomic E-state index is 12.3. The average molecular weight is 362 g/mol. The second-order valence-corrected chi connectivity index (χ2v) is 7.18. The third kappa shape index (κ3) is 3.56. The number of methoxy groups -OCH3 is 1. The zero-order chi connectivity index (χ0) is 13.9. The van der Waals surface area contributed by atoms with Gasteiger partial charge in [-0.25, -0.2) is 13.1 Å². The SMILES string of the molecule is COc1ccc(Br)cc1S(=O)(=O)NCc1ccsc1. The number of sulfonamides is 1. The molecule has 7 heteroatoms. The molecule has 1 aromatic carbocycles. The highest BCUT2D eigenvalue weighted by atomic mass is 79.9. The first-order valence-corrected chi connectivity index (χ1v) is 8.59. The summed E-state index contributed by atoms with van der Waals surface area (Å²) >= 11 is 4.79. The summed E-state index contributed by atoms with van der Waals surface area (Å²) in [5.74, 6) is 0.320. The molecule has 0 saturated heterocycles. The van der Waals surface area contributed by atoms with Gasteiger partial charge in [-0.15, -0.1) is 0 Å². The van der Waals surface area contributed by atoms with Gasteiger partial charge in [-0.1, -0.05) is 15.9 Å². The van der Waals surface area contributed by atoms with Gasteiger partial charge in [0.1, 0.15) is 10.6 Å². The molecular formula is C12H12BrNO3S2. The van der Waals surface area contributed by atoms with Crippen LogP contribution in [-0.4, -0.2) is 15.5 Å². The van der Waals surface area contributed by atoms with E-state index in [9.17, 15) is 8.42 Å². The van der Waals surface area contributed by atoms with Gasteiger partial charge in [0.25, 0.3) is 0 Å². The van der Waals surface area contributed by atoms with Crippen LogP contribution in [-0.2, 0) is 16.6 Å². The third-order valence-corrected chi connectivity index (χ3v) is 5.11. The van der Waals surface area contributed by atoms with Crippen LogP contribution in [0.2, 0.25) is 0 Å². The predicted molar refractivity (Wildman–Crippen MR) is 79.0 cm³/mol. The monoisotopic (exact) mass is 361 g/mol. The molecule has 0 fully saturated rings. The maximum Gasteiger partial charge on any atom is 0.244 e. The zero-order valence-electron chi connectivity index (χ0n) is 10.1. The summed E-state index contributed by atoms with van der Waals surface area (Å²) in [7, 11) is -2.16. The van der Waals surface area contributed by atoms with E-state index in [-0.39, 0.29) is 11.4 Å². The number of halogens is 1. The maximum atomic E-state index is 12.3. The van der Waals surface area contributed by atoms with Crippen LogP contribution in [0, 0.1) is 0 Å². The Morgan fingerprint density at radius 2 is 2.16 bits per heavy atom. The van der Waals surface area contributed by atoms with E-state index in [1.807, 2.05) is 16.8 Å². The molecule has 102 valence electrons. The van der Waals surface area contributed by atoms with Crippen molar-refractivity contribution in [1.29, 1.82) is 0 Å². The Morgan fingerprint density at radius 3 is 2.79 bits per heavy atom. The topological polar surface area (TPSA) is 55.4 Å². The summed E-state index contributed by atoms with van der Waals surface area (Å²) < 4.78 is 32.8. The van der Waals surface area contributed by atoms with Gasteiger partial charge in [-0.05, 0) is 40.6 Å². The van der Waals surface area contributed by atoms with E-state index in [2.05, 4.69) is 20.7 Å². The highest BCUT2D eigenvalue weighted by Gasteiger charge is 2.19. The number of nitrogens with one attached hydrogen (secondary N) is 1. The Hall–Kier alpha value is -0.890.